The molecule has 4 heteroatoms. The predicted octanol–water partition coefficient (Wildman–Crippen LogP) is 8.84. The average Bonchev–Trinajstić information content (AvgIpc) is 3.31. The van der Waals surface area contributed by atoms with Crippen LogP contribution in [0.3, 0.4) is 0 Å². The minimum absolute atomic E-state index is 0.188. The second-order valence-electron chi connectivity index (χ2n) is 9.92. The van der Waals surface area contributed by atoms with Gasteiger partial charge in [-0.15, -0.1) is 0 Å². The van der Waals surface area contributed by atoms with Crippen molar-refractivity contribution in [3.05, 3.63) is 102 Å². The Morgan fingerprint density at radius 1 is 0.622 bits per heavy atom. The molecule has 178 valence electrons. The first-order chi connectivity index (χ1) is 18.1. The predicted molar refractivity (Wildman–Crippen MR) is 152 cm³/mol. The van der Waals surface area contributed by atoms with Crippen molar-refractivity contribution in [2.24, 2.45) is 0 Å². The Morgan fingerprint density at radius 2 is 1.38 bits per heavy atom. The largest absolute Gasteiger partial charge is 0.437 e. The van der Waals surface area contributed by atoms with E-state index in [4.69, 9.17) is 19.4 Å². The van der Waals surface area contributed by atoms with Crippen molar-refractivity contribution in [1.82, 2.24) is 15.0 Å². The molecule has 0 atom stereocenters. The number of aryl methyl sites for hydroxylation is 1. The lowest BCUT2D eigenvalue weighted by Crippen LogP contribution is -2.01. The van der Waals surface area contributed by atoms with Crippen LogP contribution in [0.2, 0.25) is 0 Å². The third kappa shape index (κ3) is 3.40. The number of para-hydroxylation sites is 1. The standard InChI is InChI=1S/C33H25N3O/c1-19(2)32-35-29-23-12-7-9-20(3)22(23)15-16-26(29)30(36-32)27-14-8-13-24-25-17-18-28(21-10-5-4-6-11-21)34-33(25)37-31(24)27/h4-19H,1-3H3. The van der Waals surface area contributed by atoms with Gasteiger partial charge in [0.05, 0.1) is 16.9 Å². The van der Waals surface area contributed by atoms with Crippen molar-refractivity contribution >= 4 is 43.7 Å². The molecule has 0 spiro atoms. The monoisotopic (exact) mass is 479 g/mol. The molecule has 4 aromatic carbocycles. The van der Waals surface area contributed by atoms with E-state index in [1.54, 1.807) is 0 Å². The van der Waals surface area contributed by atoms with Crippen molar-refractivity contribution < 1.29 is 4.42 Å². The molecule has 3 heterocycles. The zero-order valence-corrected chi connectivity index (χ0v) is 21.0. The molecule has 0 aliphatic carbocycles. The van der Waals surface area contributed by atoms with Crippen molar-refractivity contribution in [1.29, 1.82) is 0 Å². The van der Waals surface area contributed by atoms with E-state index >= 15 is 0 Å². The van der Waals surface area contributed by atoms with E-state index in [9.17, 15) is 0 Å². The van der Waals surface area contributed by atoms with Crippen LogP contribution in [-0.4, -0.2) is 15.0 Å². The summed E-state index contributed by atoms with van der Waals surface area (Å²) >= 11 is 0. The van der Waals surface area contributed by atoms with Gasteiger partial charge < -0.3 is 4.42 Å². The quantitative estimate of drug-likeness (QED) is 0.238. The number of aromatic nitrogens is 3. The van der Waals surface area contributed by atoms with Crippen LogP contribution in [-0.2, 0) is 0 Å². The summed E-state index contributed by atoms with van der Waals surface area (Å²) in [5, 5.41) is 5.42. The van der Waals surface area contributed by atoms with Crippen LogP contribution in [0.1, 0.15) is 31.2 Å². The number of fused-ring (bicyclic) bond motifs is 6. The number of nitrogens with zero attached hydrogens (tertiary/aromatic N) is 3. The Kier molecular flexibility index (Phi) is 4.83. The maximum atomic E-state index is 6.48. The van der Waals surface area contributed by atoms with Crippen molar-refractivity contribution in [3.63, 3.8) is 0 Å². The van der Waals surface area contributed by atoms with Gasteiger partial charge in [-0.3, -0.25) is 0 Å². The number of benzene rings is 4. The highest BCUT2D eigenvalue weighted by Gasteiger charge is 2.19. The van der Waals surface area contributed by atoms with Gasteiger partial charge in [0.15, 0.2) is 0 Å². The lowest BCUT2D eigenvalue weighted by atomic mass is 9.98. The number of hydrogen-bond acceptors (Lipinski definition) is 4. The molecule has 0 unspecified atom stereocenters. The average molecular weight is 480 g/mol. The lowest BCUT2D eigenvalue weighted by molar-refractivity contribution is 0.655. The summed E-state index contributed by atoms with van der Waals surface area (Å²) in [6.45, 7) is 6.42. The number of rotatable bonds is 3. The number of hydrogen-bond donors (Lipinski definition) is 0. The molecule has 7 aromatic rings. The Bertz CT molecular complexity index is 1970. The van der Waals surface area contributed by atoms with Gasteiger partial charge in [-0.2, -0.15) is 0 Å². The van der Waals surface area contributed by atoms with E-state index in [0.717, 1.165) is 61.0 Å². The fraction of sp³-hybridized carbons (Fsp3) is 0.121. The maximum Gasteiger partial charge on any atom is 0.227 e. The summed E-state index contributed by atoms with van der Waals surface area (Å²) in [6.07, 6.45) is 0. The fourth-order valence-electron chi connectivity index (χ4n) is 5.22. The van der Waals surface area contributed by atoms with Crippen molar-refractivity contribution in [2.75, 3.05) is 0 Å². The van der Waals surface area contributed by atoms with E-state index in [1.807, 2.05) is 18.2 Å². The summed E-state index contributed by atoms with van der Waals surface area (Å²) in [7, 11) is 0. The number of pyridine rings is 1. The maximum absolute atomic E-state index is 6.48. The summed E-state index contributed by atoms with van der Waals surface area (Å²) in [6, 6.07) is 31.3. The topological polar surface area (TPSA) is 51.8 Å². The molecule has 0 bridgehead atoms. The summed E-state index contributed by atoms with van der Waals surface area (Å²) in [4.78, 5) is 15.0. The second kappa shape index (κ2) is 8.24. The van der Waals surface area contributed by atoms with Gasteiger partial charge in [-0.05, 0) is 42.1 Å². The minimum atomic E-state index is 0.188. The molecule has 0 amide bonds. The summed E-state index contributed by atoms with van der Waals surface area (Å²) in [5.74, 6) is 1.02. The van der Waals surface area contributed by atoms with Crippen LogP contribution in [0.5, 0.6) is 0 Å². The normalized spacial score (nSPS) is 11.9. The minimum Gasteiger partial charge on any atom is -0.437 e. The van der Waals surface area contributed by atoms with E-state index in [1.165, 1.54) is 10.9 Å². The van der Waals surface area contributed by atoms with E-state index in [0.29, 0.717) is 5.71 Å². The molecule has 3 aromatic heterocycles. The van der Waals surface area contributed by atoms with Crippen LogP contribution < -0.4 is 0 Å². The molecule has 0 saturated heterocycles. The first-order valence-electron chi connectivity index (χ1n) is 12.7. The summed E-state index contributed by atoms with van der Waals surface area (Å²) in [5.41, 5.74) is 7.46. The van der Waals surface area contributed by atoms with Crippen LogP contribution in [0, 0.1) is 6.92 Å². The Balaban J connectivity index is 1.53. The highest BCUT2D eigenvalue weighted by atomic mass is 16.3. The highest BCUT2D eigenvalue weighted by molar-refractivity contribution is 6.14. The summed E-state index contributed by atoms with van der Waals surface area (Å²) < 4.78 is 6.48. The van der Waals surface area contributed by atoms with Gasteiger partial charge in [0.25, 0.3) is 0 Å². The Morgan fingerprint density at radius 3 is 2.22 bits per heavy atom. The second-order valence-corrected chi connectivity index (χ2v) is 9.92. The number of furan rings is 1. The van der Waals surface area contributed by atoms with Crippen LogP contribution in [0.25, 0.3) is 66.3 Å². The zero-order chi connectivity index (χ0) is 25.1. The van der Waals surface area contributed by atoms with Gasteiger partial charge in [0.2, 0.25) is 5.71 Å². The van der Waals surface area contributed by atoms with E-state index < -0.39 is 0 Å². The lowest BCUT2D eigenvalue weighted by Gasteiger charge is -2.13. The first-order valence-corrected chi connectivity index (χ1v) is 12.7. The van der Waals surface area contributed by atoms with Crippen LogP contribution in [0.4, 0.5) is 0 Å². The molecule has 0 aliphatic heterocycles. The third-order valence-corrected chi connectivity index (χ3v) is 7.16. The SMILES string of the molecule is Cc1cccc2c1ccc1c(-c3cccc4c3oc3nc(-c5ccccc5)ccc34)nc(C(C)C)nc12. The zero-order valence-electron chi connectivity index (χ0n) is 21.0. The Labute approximate surface area is 214 Å². The van der Waals surface area contributed by atoms with Crippen molar-refractivity contribution in [2.45, 2.75) is 26.7 Å². The molecule has 0 radical (unpaired) electrons. The van der Waals surface area contributed by atoms with Gasteiger partial charge in [-0.1, -0.05) is 80.6 Å². The van der Waals surface area contributed by atoms with Crippen molar-refractivity contribution in [3.8, 4) is 22.5 Å². The van der Waals surface area contributed by atoms with Crippen LogP contribution in [0.15, 0.2) is 95.4 Å². The molecule has 7 rings (SSSR count). The third-order valence-electron chi connectivity index (χ3n) is 7.16. The highest BCUT2D eigenvalue weighted by Crippen LogP contribution is 2.39. The smallest absolute Gasteiger partial charge is 0.227 e. The molecular weight excluding hydrogens is 454 g/mol. The molecule has 37 heavy (non-hydrogen) atoms. The fourth-order valence-corrected chi connectivity index (χ4v) is 5.22. The Hall–Kier alpha value is -4.57. The molecule has 0 N–H and O–H groups in total. The van der Waals surface area contributed by atoms with Gasteiger partial charge in [-0.25, -0.2) is 15.0 Å². The first kappa shape index (κ1) is 21.7. The molecule has 4 nitrogen and oxygen atoms in total. The van der Waals surface area contributed by atoms with Crippen LogP contribution >= 0.6 is 0 Å². The molecule has 0 fully saturated rings. The molecule has 0 saturated carbocycles. The van der Waals surface area contributed by atoms with Gasteiger partial charge in [0.1, 0.15) is 11.4 Å². The van der Waals surface area contributed by atoms with E-state index in [2.05, 4.69) is 93.6 Å². The molecule has 0 aliphatic rings. The van der Waals surface area contributed by atoms with Gasteiger partial charge in [0, 0.05) is 38.6 Å². The van der Waals surface area contributed by atoms with Gasteiger partial charge >= 0.3 is 0 Å². The van der Waals surface area contributed by atoms with E-state index in [-0.39, 0.29) is 5.92 Å². The molecular formula is C33H25N3O.